The second kappa shape index (κ2) is 11.7. The smallest absolute Gasteiger partial charge is 0.407 e. The van der Waals surface area contributed by atoms with Gasteiger partial charge in [-0.15, -0.1) is 0 Å². The molecule has 0 saturated carbocycles. The van der Waals surface area contributed by atoms with Crippen LogP contribution in [0.25, 0.3) is 22.3 Å². The summed E-state index contributed by atoms with van der Waals surface area (Å²) < 4.78 is 27.5. The number of carbonyl (C=O) groups excluding carboxylic acids is 2. The Morgan fingerprint density at radius 1 is 1.28 bits per heavy atom. The molecule has 2 aliphatic heterocycles. The van der Waals surface area contributed by atoms with Gasteiger partial charge in [-0.1, -0.05) is 23.8 Å². The number of aryl methyl sites for hydroxylation is 1. The minimum atomic E-state index is -1.97. The predicted octanol–water partition coefficient (Wildman–Crippen LogP) is 5.46. The number of rotatable bonds is 7. The van der Waals surface area contributed by atoms with Gasteiger partial charge in [0.2, 0.25) is 0 Å². The van der Waals surface area contributed by atoms with Crippen LogP contribution in [-0.4, -0.2) is 43.6 Å². The van der Waals surface area contributed by atoms with E-state index in [-0.39, 0.29) is 48.4 Å². The Kier molecular flexibility index (Phi) is 7.81. The highest BCUT2D eigenvalue weighted by Crippen LogP contribution is 2.46. The summed E-state index contributed by atoms with van der Waals surface area (Å²) in [6.07, 6.45) is 2.19. The third-order valence-electron chi connectivity index (χ3n) is 9.05. The molecule has 3 aromatic heterocycles. The number of esters is 1. The summed E-state index contributed by atoms with van der Waals surface area (Å²) >= 11 is 0. The van der Waals surface area contributed by atoms with E-state index in [4.69, 9.17) is 14.5 Å². The number of carbonyl (C=O) groups is 2. The molecular formula is C33H31FN4O6S2. The first-order chi connectivity index (χ1) is 22.1. The molecule has 2 N–H and O–H groups in total. The van der Waals surface area contributed by atoms with E-state index in [1.807, 2.05) is 25.1 Å². The highest BCUT2D eigenvalue weighted by atomic mass is 33.1. The highest BCUT2D eigenvalue weighted by molar-refractivity contribution is 8.76. The maximum atomic E-state index is 15.2. The van der Waals surface area contributed by atoms with Gasteiger partial charge in [0, 0.05) is 34.0 Å². The zero-order valence-electron chi connectivity index (χ0n) is 25.4. The van der Waals surface area contributed by atoms with Crippen LogP contribution >= 0.6 is 21.6 Å². The largest absolute Gasteiger partial charge is 0.458 e. The number of alkyl carbamates (subject to hydrolysis) is 1. The molecule has 5 heterocycles. The molecule has 46 heavy (non-hydrogen) atoms. The quantitative estimate of drug-likeness (QED) is 0.171. The summed E-state index contributed by atoms with van der Waals surface area (Å²) in [7, 11) is 3.07. The lowest BCUT2D eigenvalue weighted by molar-refractivity contribution is -0.172. The van der Waals surface area contributed by atoms with Crippen molar-refractivity contribution in [3.63, 3.8) is 0 Å². The van der Waals surface area contributed by atoms with E-state index >= 15 is 4.39 Å². The van der Waals surface area contributed by atoms with E-state index in [0.29, 0.717) is 35.3 Å². The Hall–Kier alpha value is -3.94. The minimum Gasteiger partial charge on any atom is -0.458 e. The van der Waals surface area contributed by atoms with Crippen LogP contribution < -0.4 is 10.9 Å². The first kappa shape index (κ1) is 30.7. The van der Waals surface area contributed by atoms with Crippen molar-refractivity contribution in [3.8, 4) is 11.4 Å². The van der Waals surface area contributed by atoms with Gasteiger partial charge in [0.1, 0.15) is 24.1 Å². The van der Waals surface area contributed by atoms with Crippen molar-refractivity contribution >= 4 is 44.6 Å². The number of fused-ring (bicyclic) bond motifs is 5. The third kappa shape index (κ3) is 4.96. The van der Waals surface area contributed by atoms with Gasteiger partial charge in [-0.25, -0.2) is 23.9 Å². The lowest BCUT2D eigenvalue weighted by Gasteiger charge is -2.31. The van der Waals surface area contributed by atoms with Crippen LogP contribution in [0.4, 0.5) is 9.18 Å². The number of ether oxygens (including phenoxy) is 2. The second-order valence-electron chi connectivity index (χ2n) is 11.8. The highest BCUT2D eigenvalue weighted by Gasteiger charge is 2.46. The van der Waals surface area contributed by atoms with Crippen LogP contribution in [0.2, 0.25) is 0 Å². The molecule has 4 aromatic rings. The molecule has 13 heteroatoms. The molecule has 0 unspecified atom stereocenters. The molecule has 3 aliphatic rings. The number of cyclic esters (lactones) is 1. The van der Waals surface area contributed by atoms with Crippen LogP contribution in [0.5, 0.6) is 0 Å². The SMILES string of the molecule is CC[C@@]1(O)C(=O)OCc2c1cc1n(c2=O)Cc2c-1nc1cc(F)c(C)c3c1c2[C@@H](NC(=O)OC[C@H](C)SSc1ccccn1)CC3. The van der Waals surface area contributed by atoms with Crippen LogP contribution in [-0.2, 0) is 39.4 Å². The Morgan fingerprint density at radius 2 is 2.11 bits per heavy atom. The summed E-state index contributed by atoms with van der Waals surface area (Å²) in [6, 6.07) is 8.22. The minimum absolute atomic E-state index is 0.00243. The summed E-state index contributed by atoms with van der Waals surface area (Å²) in [6.45, 7) is 5.45. The lowest BCUT2D eigenvalue weighted by atomic mass is 9.81. The molecule has 1 aliphatic carbocycles. The van der Waals surface area contributed by atoms with E-state index in [0.717, 1.165) is 27.1 Å². The zero-order chi connectivity index (χ0) is 32.3. The van der Waals surface area contributed by atoms with Gasteiger partial charge >= 0.3 is 12.1 Å². The van der Waals surface area contributed by atoms with E-state index in [1.165, 1.54) is 16.9 Å². The zero-order valence-corrected chi connectivity index (χ0v) is 27.0. The molecule has 3 atom stereocenters. The molecule has 0 spiro atoms. The monoisotopic (exact) mass is 662 g/mol. The lowest BCUT2D eigenvalue weighted by Crippen LogP contribution is -2.44. The number of hydrogen-bond donors (Lipinski definition) is 2. The molecule has 7 rings (SSSR count). The van der Waals surface area contributed by atoms with Gasteiger partial charge in [0.05, 0.1) is 35.1 Å². The fourth-order valence-corrected chi connectivity index (χ4v) is 8.51. The predicted molar refractivity (Wildman–Crippen MR) is 172 cm³/mol. The van der Waals surface area contributed by atoms with Crippen molar-refractivity contribution in [2.45, 2.75) is 75.1 Å². The van der Waals surface area contributed by atoms with Gasteiger partial charge in [0.15, 0.2) is 5.60 Å². The summed E-state index contributed by atoms with van der Waals surface area (Å²) in [5.74, 6) is -1.19. The average Bonchev–Trinajstić information content (AvgIpc) is 3.43. The van der Waals surface area contributed by atoms with Gasteiger partial charge in [-0.2, -0.15) is 0 Å². The molecule has 1 amide bonds. The van der Waals surface area contributed by atoms with E-state index in [1.54, 1.807) is 41.5 Å². The number of aliphatic hydroxyl groups is 1. The normalized spacial score (nSPS) is 20.0. The van der Waals surface area contributed by atoms with Crippen molar-refractivity contribution in [1.82, 2.24) is 19.9 Å². The van der Waals surface area contributed by atoms with Gasteiger partial charge in [-0.05, 0) is 78.8 Å². The second-order valence-corrected chi connectivity index (χ2v) is 14.5. The van der Waals surface area contributed by atoms with Crippen molar-refractivity contribution in [1.29, 1.82) is 0 Å². The Labute approximate surface area is 271 Å². The van der Waals surface area contributed by atoms with Gasteiger partial charge in [0.25, 0.3) is 5.56 Å². The maximum Gasteiger partial charge on any atom is 0.407 e. The molecule has 0 bridgehead atoms. The van der Waals surface area contributed by atoms with Crippen molar-refractivity contribution in [3.05, 3.63) is 86.1 Å². The molecule has 0 saturated heterocycles. The molecule has 0 radical (unpaired) electrons. The van der Waals surface area contributed by atoms with E-state index < -0.39 is 29.3 Å². The van der Waals surface area contributed by atoms with Crippen LogP contribution in [0, 0.1) is 12.7 Å². The molecule has 0 fully saturated rings. The first-order valence-corrected chi connectivity index (χ1v) is 17.3. The van der Waals surface area contributed by atoms with Crippen molar-refractivity contribution < 1.29 is 28.6 Å². The number of nitrogens with one attached hydrogen (secondary N) is 1. The van der Waals surface area contributed by atoms with E-state index in [2.05, 4.69) is 10.3 Å². The van der Waals surface area contributed by atoms with Crippen LogP contribution in [0.3, 0.4) is 0 Å². The number of hydrogen-bond acceptors (Lipinski definition) is 10. The maximum absolute atomic E-state index is 15.2. The van der Waals surface area contributed by atoms with E-state index in [9.17, 15) is 19.5 Å². The molecule has 1 aromatic carbocycles. The summed E-state index contributed by atoms with van der Waals surface area (Å²) in [4.78, 5) is 48.7. The number of aromatic nitrogens is 3. The fraction of sp³-hybridized carbons (Fsp3) is 0.364. The summed E-state index contributed by atoms with van der Waals surface area (Å²) in [5, 5.41) is 15.9. The van der Waals surface area contributed by atoms with Gasteiger partial charge < -0.3 is 24.5 Å². The number of nitrogens with zero attached hydrogens (tertiary/aromatic N) is 3. The van der Waals surface area contributed by atoms with Crippen molar-refractivity contribution in [2.75, 3.05) is 6.61 Å². The van der Waals surface area contributed by atoms with Crippen LogP contribution in [0.15, 0.2) is 46.3 Å². The molecular weight excluding hydrogens is 632 g/mol. The first-order valence-electron chi connectivity index (χ1n) is 15.1. The average molecular weight is 663 g/mol. The number of halogens is 1. The summed E-state index contributed by atoms with van der Waals surface area (Å²) in [5.41, 5.74) is 2.19. The fourth-order valence-electron chi connectivity index (χ4n) is 6.63. The Bertz CT molecular complexity index is 1990. The topological polar surface area (TPSA) is 133 Å². The number of benzene rings is 1. The Balaban J connectivity index is 1.24. The van der Waals surface area contributed by atoms with Gasteiger partial charge in [-0.3, -0.25) is 4.79 Å². The Morgan fingerprint density at radius 3 is 2.87 bits per heavy atom. The number of amides is 1. The molecule has 238 valence electrons. The van der Waals surface area contributed by atoms with Crippen molar-refractivity contribution in [2.24, 2.45) is 0 Å². The third-order valence-corrected chi connectivity index (χ3v) is 11.8. The standard InChI is InChI=1S/C33H31FN4O6S2/c1-4-33(42)21-11-25-29-19(13-38(25)30(39)20(21)15-43-31(33)40)28-23(9-8-18-17(3)22(34)12-24(36-29)27(18)28)37-32(41)44-14-16(2)45-46-26-7-5-6-10-35-26/h5-7,10-12,16,23,42H,4,8-9,13-15H2,1-3H3,(H,37,41)/t16-,23-,33-/m0/s1. The number of pyridine rings is 3. The molecule has 10 nitrogen and oxygen atoms in total. The van der Waals surface area contributed by atoms with Crippen LogP contribution in [0.1, 0.15) is 66.1 Å².